The topological polar surface area (TPSA) is 107 Å². The van der Waals surface area contributed by atoms with Crippen molar-refractivity contribution in [1.29, 1.82) is 10.5 Å². The largest absolute Gasteiger partial charge is 0.375 e. The highest BCUT2D eigenvalue weighted by Crippen LogP contribution is 2.32. The third-order valence-electron chi connectivity index (χ3n) is 6.15. The van der Waals surface area contributed by atoms with Gasteiger partial charge in [-0.3, -0.25) is 15.3 Å². The molecule has 3 heterocycles. The number of pyridine rings is 2. The van der Waals surface area contributed by atoms with Gasteiger partial charge >= 0.3 is 0 Å². The van der Waals surface area contributed by atoms with E-state index in [9.17, 15) is 10.5 Å². The Hall–Kier alpha value is -4.59. The minimum absolute atomic E-state index is 0.271. The van der Waals surface area contributed by atoms with Crippen LogP contribution >= 0.6 is 0 Å². The van der Waals surface area contributed by atoms with Gasteiger partial charge in [0.1, 0.15) is 11.3 Å². The maximum atomic E-state index is 9.72. The summed E-state index contributed by atoms with van der Waals surface area (Å²) in [7, 11) is 0. The highest BCUT2D eigenvalue weighted by Gasteiger charge is 2.33. The lowest BCUT2D eigenvalue weighted by Gasteiger charge is -2.30. The summed E-state index contributed by atoms with van der Waals surface area (Å²) in [5.74, 6) is 0.426. The van der Waals surface area contributed by atoms with Crippen LogP contribution in [0.2, 0.25) is 0 Å². The van der Waals surface area contributed by atoms with Gasteiger partial charge in [0, 0.05) is 22.7 Å². The van der Waals surface area contributed by atoms with E-state index in [1.807, 2.05) is 79.8 Å². The van der Waals surface area contributed by atoms with Crippen molar-refractivity contribution >= 4 is 16.7 Å². The maximum Gasteiger partial charge on any atom is 0.182 e. The molecule has 0 bridgehead atoms. The monoisotopic (exact) mass is 458 g/mol. The Morgan fingerprint density at radius 1 is 1.11 bits per heavy atom. The van der Waals surface area contributed by atoms with Crippen LogP contribution in [0.5, 0.6) is 0 Å². The lowest BCUT2D eigenvalue weighted by Crippen LogP contribution is -2.32. The average molecular weight is 459 g/mol. The first-order chi connectivity index (χ1) is 17.1. The minimum atomic E-state index is -0.747. The molecule has 1 aliphatic heterocycles. The molecule has 2 aromatic heterocycles. The number of aromatic nitrogens is 2. The molecule has 1 unspecified atom stereocenters. The van der Waals surface area contributed by atoms with Gasteiger partial charge in [-0.05, 0) is 42.3 Å². The van der Waals surface area contributed by atoms with Crippen LogP contribution in [-0.2, 0) is 23.3 Å². The lowest BCUT2D eigenvalue weighted by atomic mass is 9.79. The zero-order valence-corrected chi connectivity index (χ0v) is 19.2. The van der Waals surface area contributed by atoms with Gasteiger partial charge in [-0.2, -0.15) is 10.5 Å². The summed E-state index contributed by atoms with van der Waals surface area (Å²) in [6.45, 7) is 2.92. The lowest BCUT2D eigenvalue weighted by molar-refractivity contribution is 0.0759. The Kier molecular flexibility index (Phi) is 5.93. The molecule has 7 nitrogen and oxygen atoms in total. The minimum Gasteiger partial charge on any atom is -0.375 e. The van der Waals surface area contributed by atoms with Crippen LogP contribution in [0.15, 0.2) is 77.9 Å². The summed E-state index contributed by atoms with van der Waals surface area (Å²) >= 11 is 0. The number of benzene rings is 2. The predicted octanol–water partition coefficient (Wildman–Crippen LogP) is 4.63. The molecule has 5 rings (SSSR count). The molecule has 2 aromatic carbocycles. The van der Waals surface area contributed by atoms with Crippen molar-refractivity contribution < 1.29 is 4.74 Å². The third-order valence-corrected chi connectivity index (χ3v) is 6.15. The quantitative estimate of drug-likeness (QED) is 0.207. The number of amidine groups is 1. The predicted molar refractivity (Wildman–Crippen MR) is 133 cm³/mol. The van der Waals surface area contributed by atoms with Crippen molar-refractivity contribution in [3.8, 4) is 23.5 Å². The van der Waals surface area contributed by atoms with Gasteiger partial charge in [0.25, 0.3) is 0 Å². The number of hydrogen-bond acceptors (Lipinski definition) is 6. The Morgan fingerprint density at radius 3 is 2.77 bits per heavy atom. The van der Waals surface area contributed by atoms with E-state index >= 15 is 0 Å². The van der Waals surface area contributed by atoms with Gasteiger partial charge in [-0.25, -0.2) is 4.98 Å². The third kappa shape index (κ3) is 4.46. The van der Waals surface area contributed by atoms with Crippen LogP contribution in [0, 0.1) is 22.8 Å². The Balaban J connectivity index is 1.46. The van der Waals surface area contributed by atoms with Gasteiger partial charge in [-0.15, -0.1) is 0 Å². The maximum absolute atomic E-state index is 9.72. The second kappa shape index (κ2) is 9.34. The molecule has 4 aromatic rings. The van der Waals surface area contributed by atoms with E-state index in [2.05, 4.69) is 21.4 Å². The smallest absolute Gasteiger partial charge is 0.182 e. The number of nitrogens with one attached hydrogen (secondary N) is 1. The first-order valence-electron chi connectivity index (χ1n) is 11.2. The van der Waals surface area contributed by atoms with Crippen molar-refractivity contribution in [2.75, 3.05) is 6.61 Å². The zero-order valence-electron chi connectivity index (χ0n) is 19.2. The standard InChI is InChI=1S/C28H22N6O/c1-28(16-29)17-35-15-22-8-7-20(11-24(22)28)27(33-18-30)32-14-23-12-26-21(13-31-23)9-10-25(34-26)19-5-3-2-4-6-19/h2-13H,14-15,17H2,1H3,(H,32,33). The molecule has 0 saturated carbocycles. The van der Waals surface area contributed by atoms with Gasteiger partial charge in [-0.1, -0.05) is 42.5 Å². The number of ether oxygens (including phenoxy) is 1. The van der Waals surface area contributed by atoms with E-state index < -0.39 is 5.41 Å². The van der Waals surface area contributed by atoms with Crippen LogP contribution in [0.3, 0.4) is 0 Å². The van der Waals surface area contributed by atoms with Gasteiger partial charge in [0.15, 0.2) is 6.19 Å². The highest BCUT2D eigenvalue weighted by atomic mass is 16.5. The van der Waals surface area contributed by atoms with Crippen LogP contribution < -0.4 is 5.32 Å². The van der Waals surface area contributed by atoms with Crippen molar-refractivity contribution in [2.45, 2.75) is 25.5 Å². The molecule has 35 heavy (non-hydrogen) atoms. The molecule has 0 radical (unpaired) electrons. The summed E-state index contributed by atoms with van der Waals surface area (Å²) in [5, 5.41) is 22.7. The van der Waals surface area contributed by atoms with E-state index in [0.717, 1.165) is 44.5 Å². The van der Waals surface area contributed by atoms with Crippen LogP contribution in [-0.4, -0.2) is 22.4 Å². The second-order valence-corrected chi connectivity index (χ2v) is 8.64. The molecule has 0 fully saturated rings. The Morgan fingerprint density at radius 2 is 1.97 bits per heavy atom. The van der Waals surface area contributed by atoms with Crippen LogP contribution in [0.4, 0.5) is 0 Å². The van der Waals surface area contributed by atoms with Gasteiger partial charge in [0.2, 0.25) is 0 Å². The SMILES string of the molecule is CC1(C#N)COCc2ccc(C(=NCc3cc4nc(-c5ccccc5)ccc4cn3)NC#N)cc21. The molecule has 170 valence electrons. The zero-order chi connectivity index (χ0) is 24.3. The summed E-state index contributed by atoms with van der Waals surface area (Å²) < 4.78 is 5.59. The van der Waals surface area contributed by atoms with Gasteiger partial charge in [0.05, 0.1) is 42.7 Å². The van der Waals surface area contributed by atoms with E-state index in [1.54, 1.807) is 6.20 Å². The summed E-state index contributed by atoms with van der Waals surface area (Å²) in [4.78, 5) is 14.0. The number of fused-ring (bicyclic) bond motifs is 2. The van der Waals surface area contributed by atoms with Crippen molar-refractivity contribution in [3.63, 3.8) is 0 Å². The fraction of sp³-hybridized carbons (Fsp3) is 0.179. The molecule has 1 N–H and O–H groups in total. The molecule has 1 aliphatic rings. The fourth-order valence-corrected chi connectivity index (χ4v) is 4.23. The molecule has 0 spiro atoms. The molecular formula is C28H22N6O. The van der Waals surface area contributed by atoms with E-state index in [1.165, 1.54) is 0 Å². The molecule has 7 heteroatoms. The number of nitrogens with zero attached hydrogens (tertiary/aromatic N) is 5. The molecule has 0 amide bonds. The molecule has 0 saturated heterocycles. The van der Waals surface area contributed by atoms with Crippen LogP contribution in [0.1, 0.15) is 29.3 Å². The van der Waals surface area contributed by atoms with Crippen molar-refractivity contribution in [3.05, 3.63) is 95.3 Å². The molecular weight excluding hydrogens is 436 g/mol. The highest BCUT2D eigenvalue weighted by molar-refractivity contribution is 6.00. The first kappa shape index (κ1) is 22.2. The van der Waals surface area contributed by atoms with Gasteiger partial charge < -0.3 is 4.74 Å². The normalized spacial score (nSPS) is 17.3. The summed E-state index contributed by atoms with van der Waals surface area (Å²) in [5.41, 5.74) is 5.37. The number of rotatable bonds is 4. The van der Waals surface area contributed by atoms with E-state index in [4.69, 9.17) is 9.72 Å². The summed E-state index contributed by atoms with van der Waals surface area (Å²) in [6, 6.07) is 24.0. The Labute approximate surface area is 203 Å². The molecule has 0 aliphatic carbocycles. The number of hydrogen-bond donors (Lipinski definition) is 1. The van der Waals surface area contributed by atoms with E-state index in [-0.39, 0.29) is 6.54 Å². The average Bonchev–Trinajstić information content (AvgIpc) is 2.91. The van der Waals surface area contributed by atoms with Crippen molar-refractivity contribution in [2.24, 2.45) is 4.99 Å². The first-order valence-corrected chi connectivity index (χ1v) is 11.2. The van der Waals surface area contributed by atoms with E-state index in [0.29, 0.717) is 19.0 Å². The second-order valence-electron chi connectivity index (χ2n) is 8.64. The van der Waals surface area contributed by atoms with Crippen molar-refractivity contribution in [1.82, 2.24) is 15.3 Å². The van der Waals surface area contributed by atoms with Crippen LogP contribution in [0.25, 0.3) is 22.2 Å². The number of nitriles is 2. The Bertz CT molecular complexity index is 1520. The fourth-order valence-electron chi connectivity index (χ4n) is 4.23. The summed E-state index contributed by atoms with van der Waals surface area (Å²) in [6.07, 6.45) is 3.76. The number of aliphatic imine (C=N–C) groups is 1. The molecule has 1 atom stereocenters.